The van der Waals surface area contributed by atoms with Crippen LogP contribution in [0.3, 0.4) is 0 Å². The van der Waals surface area contributed by atoms with Crippen LogP contribution in [0.5, 0.6) is 5.75 Å². The Labute approximate surface area is 269 Å². The second kappa shape index (κ2) is 13.3. The van der Waals surface area contributed by atoms with Crippen molar-refractivity contribution in [1.29, 1.82) is 0 Å². The highest BCUT2D eigenvalue weighted by molar-refractivity contribution is 7.89. The molecule has 3 aromatic rings. The van der Waals surface area contributed by atoms with Crippen LogP contribution in [0.15, 0.2) is 63.9 Å². The number of furan rings is 1. The van der Waals surface area contributed by atoms with Gasteiger partial charge in [0.15, 0.2) is 11.9 Å². The summed E-state index contributed by atoms with van der Waals surface area (Å²) in [6.45, 7) is 6.34. The van der Waals surface area contributed by atoms with E-state index in [1.807, 2.05) is 13.8 Å². The molecule has 6 rings (SSSR count). The number of aliphatic hydroxyl groups is 1. The lowest BCUT2D eigenvalue weighted by atomic mass is 10.00. The van der Waals surface area contributed by atoms with Gasteiger partial charge in [0.1, 0.15) is 43.7 Å². The molecule has 13 heteroatoms. The lowest BCUT2D eigenvalue weighted by molar-refractivity contribution is -0.969. The molecule has 2 N–H and O–H groups in total. The fraction of sp³-hybridized carbons (Fsp3) is 0.515. The number of sulfonamides is 1. The third-order valence-electron chi connectivity index (χ3n) is 9.42. The average molecular weight is 656 g/mol. The number of morpholine rings is 1. The van der Waals surface area contributed by atoms with Crippen molar-refractivity contribution in [2.24, 2.45) is 5.92 Å². The number of hydrazine groups is 1. The molecule has 3 unspecified atom stereocenters. The minimum atomic E-state index is -4.09. The van der Waals surface area contributed by atoms with E-state index in [9.17, 15) is 23.1 Å². The highest BCUT2D eigenvalue weighted by Crippen LogP contribution is 2.35. The molecule has 3 aliphatic rings. The van der Waals surface area contributed by atoms with Crippen LogP contribution in [0.4, 0.5) is 0 Å². The summed E-state index contributed by atoms with van der Waals surface area (Å²) in [5, 5.41) is 14.4. The standard InChI is InChI=1S/C33H42N4O8S/c1-23(2)10-13-30(38)36-27-9-6-14-35(46(41,42)26-7-4-3-5-8-26)33(31(27)39)37(15-18-43-19-16-37)17-20-44-25-11-12-28-24(21-25)22-29(45-28)32(40)34-36/h3-5,7-8,11-12,21-23,27,31,33,39H,6,9-10,13-20H2,1-2H3/p+1. The van der Waals surface area contributed by atoms with Crippen molar-refractivity contribution in [3.8, 4) is 5.75 Å². The summed E-state index contributed by atoms with van der Waals surface area (Å²) in [4.78, 5) is 27.7. The molecule has 0 radical (unpaired) electrons. The van der Waals surface area contributed by atoms with E-state index in [1.54, 1.807) is 54.6 Å². The number of fused-ring (bicyclic) bond motifs is 5. The van der Waals surface area contributed by atoms with Crippen LogP contribution in [-0.4, -0.2) is 103 Å². The molecule has 0 aliphatic carbocycles. The Kier molecular flexibility index (Phi) is 9.40. The van der Waals surface area contributed by atoms with Gasteiger partial charge in [0.05, 0.1) is 24.2 Å². The van der Waals surface area contributed by atoms with Crippen molar-refractivity contribution >= 4 is 32.8 Å². The summed E-state index contributed by atoms with van der Waals surface area (Å²) in [5.74, 6) is -0.186. The zero-order chi connectivity index (χ0) is 32.5. The number of aliphatic hydroxyl groups excluding tert-OH is 1. The molecule has 3 atom stereocenters. The van der Waals surface area contributed by atoms with Crippen LogP contribution in [0.2, 0.25) is 0 Å². The summed E-state index contributed by atoms with van der Waals surface area (Å²) < 4.78 is 48.2. The molecule has 4 heterocycles. The number of benzene rings is 2. The van der Waals surface area contributed by atoms with E-state index < -0.39 is 34.2 Å². The molecule has 5 bridgehead atoms. The number of rotatable bonds is 5. The highest BCUT2D eigenvalue weighted by Gasteiger charge is 2.55. The van der Waals surface area contributed by atoms with Gasteiger partial charge in [-0.3, -0.25) is 19.5 Å². The smallest absolute Gasteiger partial charge is 0.305 e. The van der Waals surface area contributed by atoms with E-state index in [2.05, 4.69) is 5.43 Å². The van der Waals surface area contributed by atoms with Gasteiger partial charge in [0.25, 0.3) is 0 Å². The van der Waals surface area contributed by atoms with Gasteiger partial charge in [-0.1, -0.05) is 32.0 Å². The van der Waals surface area contributed by atoms with Crippen molar-refractivity contribution in [2.75, 3.05) is 46.0 Å². The van der Waals surface area contributed by atoms with Crippen molar-refractivity contribution in [1.82, 2.24) is 14.7 Å². The summed E-state index contributed by atoms with van der Waals surface area (Å²) in [6, 6.07) is 14.2. The molecule has 2 aromatic carbocycles. The fourth-order valence-electron chi connectivity index (χ4n) is 6.92. The fourth-order valence-corrected chi connectivity index (χ4v) is 8.67. The van der Waals surface area contributed by atoms with E-state index in [0.717, 1.165) is 0 Å². The number of hydrogen-bond acceptors (Lipinski definition) is 8. The zero-order valence-corrected chi connectivity index (χ0v) is 27.2. The SMILES string of the molecule is CC(C)CCC(=O)N1NC(=O)c2cc3cc(ccc3o2)OCC[N+]2(CCOCC2)C2C(O)C1CCCN2S(=O)(=O)c1ccccc1. The van der Waals surface area contributed by atoms with Crippen LogP contribution in [0.25, 0.3) is 11.0 Å². The molecule has 1 aromatic heterocycles. The van der Waals surface area contributed by atoms with E-state index in [-0.39, 0.29) is 53.0 Å². The number of nitrogens with zero attached hydrogens (tertiary/aromatic N) is 3. The summed E-state index contributed by atoms with van der Waals surface area (Å²) in [7, 11) is -4.09. The Bertz CT molecular complexity index is 1650. The molecule has 248 valence electrons. The first kappa shape index (κ1) is 32.5. The van der Waals surface area contributed by atoms with Gasteiger partial charge in [-0.2, -0.15) is 0 Å². The molecule has 2 fully saturated rings. The third kappa shape index (κ3) is 6.39. The number of quaternary nitrogens is 1. The number of ether oxygens (including phenoxy) is 2. The van der Waals surface area contributed by atoms with Crippen LogP contribution in [-0.2, 0) is 19.6 Å². The minimum Gasteiger partial charge on any atom is -0.488 e. The molecule has 12 nitrogen and oxygen atoms in total. The van der Waals surface area contributed by atoms with E-state index >= 15 is 0 Å². The largest absolute Gasteiger partial charge is 0.488 e. The van der Waals surface area contributed by atoms with Gasteiger partial charge in [-0.05, 0) is 61.6 Å². The number of nitrogens with one attached hydrogen (secondary N) is 1. The van der Waals surface area contributed by atoms with Gasteiger partial charge in [-0.25, -0.2) is 13.4 Å². The lowest BCUT2D eigenvalue weighted by Gasteiger charge is -2.51. The zero-order valence-electron chi connectivity index (χ0n) is 26.3. The van der Waals surface area contributed by atoms with Crippen LogP contribution in [0.1, 0.15) is 50.1 Å². The monoisotopic (exact) mass is 655 g/mol. The van der Waals surface area contributed by atoms with E-state index in [4.69, 9.17) is 13.9 Å². The first-order valence-corrected chi connectivity index (χ1v) is 17.5. The minimum absolute atomic E-state index is 0.00769. The molecule has 3 aliphatic heterocycles. The molecular formula is C33H43N4O8S+. The van der Waals surface area contributed by atoms with Crippen molar-refractivity contribution < 1.29 is 41.5 Å². The van der Waals surface area contributed by atoms with Crippen molar-refractivity contribution in [3.05, 3.63) is 60.4 Å². The highest BCUT2D eigenvalue weighted by atomic mass is 32.2. The first-order chi connectivity index (χ1) is 22.1. The average Bonchev–Trinajstić information content (AvgIpc) is 3.39. The van der Waals surface area contributed by atoms with E-state index in [1.165, 1.54) is 9.31 Å². The van der Waals surface area contributed by atoms with Crippen molar-refractivity contribution in [2.45, 2.75) is 62.7 Å². The van der Waals surface area contributed by atoms with Gasteiger partial charge in [0, 0.05) is 18.4 Å². The Morgan fingerprint density at radius 1 is 1.07 bits per heavy atom. The molecule has 46 heavy (non-hydrogen) atoms. The maximum Gasteiger partial charge on any atom is 0.305 e. The predicted molar refractivity (Wildman–Crippen MR) is 169 cm³/mol. The summed E-state index contributed by atoms with van der Waals surface area (Å²) >= 11 is 0. The van der Waals surface area contributed by atoms with Crippen molar-refractivity contribution in [3.63, 3.8) is 0 Å². The second-order valence-corrected chi connectivity index (χ2v) is 14.7. The van der Waals surface area contributed by atoms with Gasteiger partial charge < -0.3 is 19.0 Å². The normalized spacial score (nSPS) is 24.4. The molecule has 0 saturated carbocycles. The summed E-state index contributed by atoms with van der Waals surface area (Å²) in [5.41, 5.74) is 3.27. The topological polar surface area (TPSA) is 139 Å². The number of carbonyl (C=O) groups is 2. The Morgan fingerprint density at radius 3 is 2.54 bits per heavy atom. The number of amides is 2. The molecule has 2 saturated heterocycles. The van der Waals surface area contributed by atoms with Crippen LogP contribution in [0, 0.1) is 5.92 Å². The van der Waals surface area contributed by atoms with Gasteiger partial charge in [-0.15, -0.1) is 4.31 Å². The molecular weight excluding hydrogens is 612 g/mol. The Balaban J connectivity index is 1.50. The quantitative estimate of drug-likeness (QED) is 0.400. The summed E-state index contributed by atoms with van der Waals surface area (Å²) in [6.07, 6.45) is -1.02. The predicted octanol–water partition coefficient (Wildman–Crippen LogP) is 3.12. The maximum atomic E-state index is 14.4. The maximum absolute atomic E-state index is 14.4. The van der Waals surface area contributed by atoms with Crippen LogP contribution >= 0.6 is 0 Å². The van der Waals surface area contributed by atoms with Gasteiger partial charge in [0.2, 0.25) is 15.9 Å². The third-order valence-corrected chi connectivity index (χ3v) is 11.3. The van der Waals surface area contributed by atoms with E-state index in [0.29, 0.717) is 62.4 Å². The first-order valence-electron chi connectivity index (χ1n) is 16.1. The Hall–Kier alpha value is -3.49. The van der Waals surface area contributed by atoms with Crippen LogP contribution < -0.4 is 10.2 Å². The second-order valence-electron chi connectivity index (χ2n) is 12.8. The number of hydrogen-bond donors (Lipinski definition) is 2. The lowest BCUT2D eigenvalue weighted by Crippen LogP contribution is -2.73. The number of carbonyl (C=O) groups excluding carboxylic acids is 2. The molecule has 2 amide bonds. The Morgan fingerprint density at radius 2 is 1.80 bits per heavy atom. The van der Waals surface area contributed by atoms with Gasteiger partial charge >= 0.3 is 5.91 Å². The molecule has 1 spiro atoms.